The van der Waals surface area contributed by atoms with Crippen LogP contribution in [0.2, 0.25) is 0 Å². The van der Waals surface area contributed by atoms with Gasteiger partial charge in [-0.3, -0.25) is 9.59 Å². The van der Waals surface area contributed by atoms with Gasteiger partial charge in [0.15, 0.2) is 0 Å². The molecular formula is C28H28N4O3. The highest BCUT2D eigenvalue weighted by atomic mass is 16.5. The molecule has 0 bridgehead atoms. The topological polar surface area (TPSA) is 76.5 Å². The average Bonchev–Trinajstić information content (AvgIpc) is 3.34. The summed E-state index contributed by atoms with van der Waals surface area (Å²) >= 11 is 0. The second kappa shape index (κ2) is 10.7. The number of ether oxygens (including phenoxy) is 1. The predicted molar refractivity (Wildman–Crippen MR) is 137 cm³/mol. The van der Waals surface area contributed by atoms with Crippen LogP contribution in [0.4, 0.5) is 5.69 Å². The number of amides is 2. The van der Waals surface area contributed by atoms with E-state index in [0.29, 0.717) is 22.6 Å². The first-order valence-electron chi connectivity index (χ1n) is 11.4. The van der Waals surface area contributed by atoms with Gasteiger partial charge in [-0.2, -0.15) is 5.10 Å². The third kappa shape index (κ3) is 5.24. The van der Waals surface area contributed by atoms with Gasteiger partial charge in [-0.25, -0.2) is 4.68 Å². The lowest BCUT2D eigenvalue weighted by Gasteiger charge is -2.18. The quantitative estimate of drug-likeness (QED) is 0.402. The Morgan fingerprint density at radius 1 is 0.971 bits per heavy atom. The smallest absolute Gasteiger partial charge is 0.257 e. The number of benzene rings is 3. The van der Waals surface area contributed by atoms with Crippen LogP contribution in [0.15, 0.2) is 85.1 Å². The van der Waals surface area contributed by atoms with Gasteiger partial charge in [0, 0.05) is 24.5 Å². The number of aryl methyl sites for hydroxylation is 1. The molecule has 0 aliphatic carbocycles. The minimum absolute atomic E-state index is 0.0984. The first-order valence-corrected chi connectivity index (χ1v) is 11.4. The van der Waals surface area contributed by atoms with Crippen LogP contribution >= 0.6 is 0 Å². The Morgan fingerprint density at radius 2 is 1.66 bits per heavy atom. The molecule has 0 aliphatic rings. The third-order valence-electron chi connectivity index (χ3n) is 5.73. The molecule has 7 nitrogen and oxygen atoms in total. The number of carbonyl (C=O) groups is 2. The summed E-state index contributed by atoms with van der Waals surface area (Å²) in [7, 11) is 3.19. The van der Waals surface area contributed by atoms with E-state index < -0.39 is 0 Å². The van der Waals surface area contributed by atoms with Gasteiger partial charge in [-0.15, -0.1) is 0 Å². The van der Waals surface area contributed by atoms with Gasteiger partial charge >= 0.3 is 0 Å². The van der Waals surface area contributed by atoms with Crippen molar-refractivity contribution < 1.29 is 14.3 Å². The number of anilines is 1. The molecule has 4 aromatic rings. The first-order chi connectivity index (χ1) is 17.0. The molecule has 1 aromatic heterocycles. The van der Waals surface area contributed by atoms with Crippen molar-refractivity contribution in [3.05, 3.63) is 96.2 Å². The molecule has 0 spiro atoms. The first kappa shape index (κ1) is 23.8. The van der Waals surface area contributed by atoms with E-state index in [1.807, 2.05) is 85.8 Å². The zero-order valence-corrected chi connectivity index (χ0v) is 20.1. The number of carbonyl (C=O) groups excluding carboxylic acids is 2. The van der Waals surface area contributed by atoms with Crippen molar-refractivity contribution in [2.75, 3.05) is 26.0 Å². The number of nitrogens with one attached hydrogen (secondary N) is 1. The van der Waals surface area contributed by atoms with Gasteiger partial charge in [0.05, 0.1) is 24.9 Å². The largest absolute Gasteiger partial charge is 0.496 e. The predicted octanol–water partition coefficient (Wildman–Crippen LogP) is 4.82. The summed E-state index contributed by atoms with van der Waals surface area (Å²) in [6.45, 7) is 1.93. The summed E-state index contributed by atoms with van der Waals surface area (Å²) in [6.07, 6.45) is 2.49. The second-order valence-corrected chi connectivity index (χ2v) is 8.09. The zero-order chi connectivity index (χ0) is 24.8. The van der Waals surface area contributed by atoms with Crippen molar-refractivity contribution in [3.8, 4) is 22.7 Å². The summed E-state index contributed by atoms with van der Waals surface area (Å²) in [6, 6.07) is 24.6. The zero-order valence-electron chi connectivity index (χ0n) is 20.1. The van der Waals surface area contributed by atoms with Crippen molar-refractivity contribution in [2.24, 2.45) is 0 Å². The molecule has 0 saturated heterocycles. The molecule has 1 heterocycles. The van der Waals surface area contributed by atoms with Crippen LogP contribution in [0.5, 0.6) is 5.75 Å². The Hall–Kier alpha value is -4.39. The van der Waals surface area contributed by atoms with Crippen molar-refractivity contribution in [3.63, 3.8) is 0 Å². The maximum Gasteiger partial charge on any atom is 0.257 e. The lowest BCUT2D eigenvalue weighted by molar-refractivity contribution is -0.116. The number of likely N-dealkylation sites (N-methyl/N-ethyl adjacent to an activating group) is 1. The van der Waals surface area contributed by atoms with E-state index >= 15 is 0 Å². The molecule has 0 aliphatic heterocycles. The summed E-state index contributed by atoms with van der Waals surface area (Å²) in [4.78, 5) is 27.7. The lowest BCUT2D eigenvalue weighted by atomic mass is 10.1. The Morgan fingerprint density at radius 3 is 2.40 bits per heavy atom. The highest BCUT2D eigenvalue weighted by Gasteiger charge is 2.24. The number of nitrogens with zero attached hydrogens (tertiary/aromatic N) is 3. The van der Waals surface area contributed by atoms with E-state index in [9.17, 15) is 9.59 Å². The summed E-state index contributed by atoms with van der Waals surface area (Å²) < 4.78 is 7.19. The monoisotopic (exact) mass is 468 g/mol. The van der Waals surface area contributed by atoms with Gasteiger partial charge in [-0.05, 0) is 42.3 Å². The van der Waals surface area contributed by atoms with Gasteiger partial charge < -0.3 is 15.0 Å². The maximum absolute atomic E-state index is 13.5. The van der Waals surface area contributed by atoms with E-state index in [4.69, 9.17) is 9.84 Å². The van der Waals surface area contributed by atoms with E-state index in [0.717, 1.165) is 23.4 Å². The number of aromatic nitrogens is 2. The Balaban J connectivity index is 1.64. The highest BCUT2D eigenvalue weighted by molar-refractivity contribution is 6.03. The fourth-order valence-corrected chi connectivity index (χ4v) is 3.92. The molecule has 0 fully saturated rings. The molecule has 0 saturated carbocycles. The molecule has 3 aromatic carbocycles. The molecule has 0 atom stereocenters. The van der Waals surface area contributed by atoms with Gasteiger partial charge in [0.25, 0.3) is 5.91 Å². The lowest BCUT2D eigenvalue weighted by Crippen LogP contribution is -2.35. The molecule has 7 heteroatoms. The number of hydrogen-bond acceptors (Lipinski definition) is 4. The van der Waals surface area contributed by atoms with Crippen LogP contribution in [-0.2, 0) is 11.2 Å². The molecular weight excluding hydrogens is 440 g/mol. The minimum Gasteiger partial charge on any atom is -0.496 e. The Bertz CT molecular complexity index is 1330. The van der Waals surface area contributed by atoms with Crippen LogP contribution < -0.4 is 10.1 Å². The van der Waals surface area contributed by atoms with Gasteiger partial charge in [-0.1, -0.05) is 55.5 Å². The highest BCUT2D eigenvalue weighted by Crippen LogP contribution is 2.32. The maximum atomic E-state index is 13.5. The van der Waals surface area contributed by atoms with Crippen LogP contribution in [0.3, 0.4) is 0 Å². The number of methoxy groups -OCH3 is 1. The van der Waals surface area contributed by atoms with E-state index in [2.05, 4.69) is 5.32 Å². The van der Waals surface area contributed by atoms with Crippen molar-refractivity contribution >= 4 is 17.5 Å². The SMILES string of the molecule is CCc1ccccc1NC(=O)CN(C)C(=O)c1cn(-c2ccccc2)nc1-c1ccccc1OC. The van der Waals surface area contributed by atoms with Crippen molar-refractivity contribution in [1.29, 1.82) is 0 Å². The molecule has 0 radical (unpaired) electrons. The van der Waals surface area contributed by atoms with E-state index in [1.54, 1.807) is 25.0 Å². The fourth-order valence-electron chi connectivity index (χ4n) is 3.92. The summed E-state index contributed by atoms with van der Waals surface area (Å²) in [5, 5.41) is 7.64. The van der Waals surface area contributed by atoms with Crippen LogP contribution in [0, 0.1) is 0 Å². The average molecular weight is 469 g/mol. The number of para-hydroxylation sites is 3. The number of rotatable bonds is 8. The van der Waals surface area contributed by atoms with Crippen molar-refractivity contribution in [1.82, 2.24) is 14.7 Å². The molecule has 4 rings (SSSR count). The normalized spacial score (nSPS) is 10.6. The summed E-state index contributed by atoms with van der Waals surface area (Å²) in [5.74, 6) is 0.0273. The standard InChI is InChI=1S/C28H28N4O3/c1-4-20-12-8-10-16-24(20)29-26(33)19-31(2)28(34)23-18-32(21-13-6-5-7-14-21)30-27(23)22-15-9-11-17-25(22)35-3/h5-18H,4,19H2,1-3H3,(H,29,33). The summed E-state index contributed by atoms with van der Waals surface area (Å²) in [5.41, 5.74) is 4.18. The molecule has 178 valence electrons. The van der Waals surface area contributed by atoms with Crippen LogP contribution in [-0.4, -0.2) is 47.2 Å². The van der Waals surface area contributed by atoms with Crippen molar-refractivity contribution in [2.45, 2.75) is 13.3 Å². The number of hydrogen-bond donors (Lipinski definition) is 1. The van der Waals surface area contributed by atoms with Gasteiger partial charge in [0.1, 0.15) is 11.4 Å². The molecule has 35 heavy (non-hydrogen) atoms. The third-order valence-corrected chi connectivity index (χ3v) is 5.73. The Labute approximate surface area is 205 Å². The minimum atomic E-state index is -0.313. The van der Waals surface area contributed by atoms with Crippen LogP contribution in [0.25, 0.3) is 16.9 Å². The molecule has 0 unspecified atom stereocenters. The second-order valence-electron chi connectivity index (χ2n) is 8.09. The van der Waals surface area contributed by atoms with Crippen LogP contribution in [0.1, 0.15) is 22.8 Å². The molecule has 2 amide bonds. The van der Waals surface area contributed by atoms with Gasteiger partial charge in [0.2, 0.25) is 5.91 Å². The van der Waals surface area contributed by atoms with E-state index in [1.165, 1.54) is 4.90 Å². The molecule has 1 N–H and O–H groups in total. The van der Waals surface area contributed by atoms with E-state index in [-0.39, 0.29) is 18.4 Å². The Kier molecular flexibility index (Phi) is 7.26. The fraction of sp³-hybridized carbons (Fsp3) is 0.179.